The highest BCUT2D eigenvalue weighted by Gasteiger charge is 2.17. The topological polar surface area (TPSA) is 85.1 Å². The van der Waals surface area contributed by atoms with Crippen LogP contribution in [0.3, 0.4) is 0 Å². The minimum absolute atomic E-state index is 0.186. The molecule has 1 N–H and O–H groups in total. The maximum atomic E-state index is 12.5. The van der Waals surface area contributed by atoms with Gasteiger partial charge in [0, 0.05) is 18.5 Å². The van der Waals surface area contributed by atoms with Crippen molar-refractivity contribution in [3.05, 3.63) is 65.0 Å². The predicted octanol–water partition coefficient (Wildman–Crippen LogP) is 3.18. The molecule has 0 saturated carbocycles. The largest absolute Gasteiger partial charge is 0.339 e. The lowest BCUT2D eigenvalue weighted by molar-refractivity contribution is 0.379. The van der Waals surface area contributed by atoms with Crippen molar-refractivity contribution in [2.75, 3.05) is 6.54 Å². The lowest BCUT2D eigenvalue weighted by atomic mass is 10.1. The molecule has 7 heteroatoms. The lowest BCUT2D eigenvalue weighted by Crippen LogP contribution is -2.26. The summed E-state index contributed by atoms with van der Waals surface area (Å²) in [5, 5.41) is 3.98. The first kappa shape index (κ1) is 18.3. The Morgan fingerprint density at radius 3 is 2.58 bits per heavy atom. The molecule has 0 saturated heterocycles. The van der Waals surface area contributed by atoms with Crippen molar-refractivity contribution in [3.63, 3.8) is 0 Å². The molecular weight excluding hydrogens is 350 g/mol. The van der Waals surface area contributed by atoms with E-state index in [-0.39, 0.29) is 6.54 Å². The molecule has 0 spiro atoms. The fourth-order valence-electron chi connectivity index (χ4n) is 2.66. The van der Waals surface area contributed by atoms with E-state index in [1.807, 2.05) is 44.2 Å². The summed E-state index contributed by atoms with van der Waals surface area (Å²) in [6, 6.07) is 13.1. The highest BCUT2D eigenvalue weighted by Crippen LogP contribution is 2.20. The monoisotopic (exact) mass is 371 g/mol. The second-order valence-corrected chi connectivity index (χ2v) is 7.98. The van der Waals surface area contributed by atoms with Crippen LogP contribution in [0, 0.1) is 20.8 Å². The number of rotatable bonds is 6. The number of hydrogen-bond acceptors (Lipinski definition) is 5. The maximum Gasteiger partial charge on any atom is 0.240 e. The molecule has 0 amide bonds. The zero-order valence-corrected chi connectivity index (χ0v) is 15.8. The Kier molecular flexibility index (Phi) is 5.20. The van der Waals surface area contributed by atoms with Crippen LogP contribution >= 0.6 is 0 Å². The second-order valence-electron chi connectivity index (χ2n) is 6.24. The molecule has 136 valence electrons. The Hall–Kier alpha value is -2.51. The Morgan fingerprint density at radius 2 is 1.81 bits per heavy atom. The van der Waals surface area contributed by atoms with E-state index in [0.29, 0.717) is 28.6 Å². The third-order valence-electron chi connectivity index (χ3n) is 4.12. The van der Waals surface area contributed by atoms with Crippen LogP contribution in [0.15, 0.2) is 51.9 Å². The quantitative estimate of drug-likeness (QED) is 0.719. The van der Waals surface area contributed by atoms with Crippen molar-refractivity contribution in [2.24, 2.45) is 0 Å². The van der Waals surface area contributed by atoms with E-state index in [1.54, 1.807) is 19.1 Å². The van der Waals surface area contributed by atoms with E-state index in [4.69, 9.17) is 4.52 Å². The van der Waals surface area contributed by atoms with Gasteiger partial charge in [0.2, 0.25) is 21.7 Å². The molecule has 0 unspecified atom stereocenters. The number of nitrogens with zero attached hydrogens (tertiary/aromatic N) is 2. The fraction of sp³-hybridized carbons (Fsp3) is 0.263. The molecular formula is C19H21N3O3S. The maximum absolute atomic E-state index is 12.5. The Balaban J connectivity index is 1.67. The van der Waals surface area contributed by atoms with E-state index in [1.165, 1.54) is 0 Å². The van der Waals surface area contributed by atoms with E-state index < -0.39 is 10.0 Å². The summed E-state index contributed by atoms with van der Waals surface area (Å²) in [4.78, 5) is 4.65. The van der Waals surface area contributed by atoms with E-state index >= 15 is 0 Å². The molecule has 0 aliphatic carbocycles. The molecule has 1 aromatic heterocycles. The van der Waals surface area contributed by atoms with Gasteiger partial charge in [-0.1, -0.05) is 41.6 Å². The van der Waals surface area contributed by atoms with E-state index in [9.17, 15) is 8.42 Å². The van der Waals surface area contributed by atoms with Crippen LogP contribution in [-0.4, -0.2) is 25.1 Å². The van der Waals surface area contributed by atoms with Gasteiger partial charge in [0.05, 0.1) is 4.90 Å². The van der Waals surface area contributed by atoms with Crippen LogP contribution in [0.1, 0.15) is 22.6 Å². The van der Waals surface area contributed by atoms with E-state index in [0.717, 1.165) is 16.7 Å². The number of sulfonamides is 1. The second kappa shape index (κ2) is 7.39. The molecule has 0 aliphatic heterocycles. The molecule has 0 radical (unpaired) electrons. The van der Waals surface area contributed by atoms with Gasteiger partial charge in [-0.3, -0.25) is 0 Å². The molecule has 6 nitrogen and oxygen atoms in total. The van der Waals surface area contributed by atoms with Crippen molar-refractivity contribution in [3.8, 4) is 11.4 Å². The summed E-state index contributed by atoms with van der Waals surface area (Å²) in [6.07, 6.45) is 0.322. The van der Waals surface area contributed by atoms with Crippen molar-refractivity contribution in [1.29, 1.82) is 0 Å². The van der Waals surface area contributed by atoms with Gasteiger partial charge in [-0.2, -0.15) is 4.98 Å². The molecule has 1 heterocycles. The van der Waals surface area contributed by atoms with Gasteiger partial charge in [-0.15, -0.1) is 0 Å². The normalized spacial score (nSPS) is 11.7. The van der Waals surface area contributed by atoms with Gasteiger partial charge in [-0.05, 0) is 43.5 Å². The van der Waals surface area contributed by atoms with Gasteiger partial charge in [0.15, 0.2) is 0 Å². The number of hydrogen-bond donors (Lipinski definition) is 1. The SMILES string of the molecule is Cc1ccc(C)c(S(=O)(=O)NCCc2nc(-c3ccccc3C)no2)c1. The first-order chi connectivity index (χ1) is 12.4. The number of aryl methyl sites for hydroxylation is 3. The van der Waals surface area contributed by atoms with Gasteiger partial charge in [0.1, 0.15) is 0 Å². The van der Waals surface area contributed by atoms with Crippen LogP contribution in [-0.2, 0) is 16.4 Å². The van der Waals surface area contributed by atoms with E-state index in [2.05, 4.69) is 14.9 Å². The minimum atomic E-state index is -3.58. The summed E-state index contributed by atoms with van der Waals surface area (Å²) in [6.45, 7) is 5.80. The smallest absolute Gasteiger partial charge is 0.240 e. The molecule has 3 rings (SSSR count). The summed E-state index contributed by atoms with van der Waals surface area (Å²) < 4.78 is 32.8. The zero-order valence-electron chi connectivity index (χ0n) is 15.0. The van der Waals surface area contributed by atoms with Gasteiger partial charge >= 0.3 is 0 Å². The van der Waals surface area contributed by atoms with Crippen molar-refractivity contribution in [1.82, 2.24) is 14.9 Å². The predicted molar refractivity (Wildman–Crippen MR) is 99.3 cm³/mol. The molecule has 0 aliphatic rings. The third-order valence-corrected chi connectivity index (χ3v) is 5.72. The van der Waals surface area contributed by atoms with Crippen molar-refractivity contribution < 1.29 is 12.9 Å². The molecule has 0 atom stereocenters. The zero-order chi connectivity index (χ0) is 18.7. The standard InChI is InChI=1S/C19H21N3O3S/c1-13-8-9-15(3)17(12-13)26(23,24)20-11-10-18-21-19(22-25-18)16-7-5-4-6-14(16)2/h4-9,12,20H,10-11H2,1-3H3. The van der Waals surface area contributed by atoms with Crippen LogP contribution in [0.4, 0.5) is 0 Å². The number of nitrogens with one attached hydrogen (secondary N) is 1. The van der Waals surface area contributed by atoms with Crippen molar-refractivity contribution in [2.45, 2.75) is 32.1 Å². The Morgan fingerprint density at radius 1 is 1.04 bits per heavy atom. The third kappa shape index (κ3) is 4.00. The van der Waals surface area contributed by atoms with Crippen molar-refractivity contribution >= 4 is 10.0 Å². The first-order valence-electron chi connectivity index (χ1n) is 8.32. The van der Waals surface area contributed by atoms with Gasteiger partial charge < -0.3 is 4.52 Å². The molecule has 2 aromatic carbocycles. The Bertz CT molecular complexity index is 1030. The Labute approximate surface area is 153 Å². The summed E-state index contributed by atoms with van der Waals surface area (Å²) in [7, 11) is -3.58. The van der Waals surface area contributed by atoms with Crippen LogP contribution in [0.25, 0.3) is 11.4 Å². The van der Waals surface area contributed by atoms with Crippen LogP contribution < -0.4 is 4.72 Å². The van der Waals surface area contributed by atoms with Crippen LogP contribution in [0.2, 0.25) is 0 Å². The lowest BCUT2D eigenvalue weighted by Gasteiger charge is -2.09. The molecule has 26 heavy (non-hydrogen) atoms. The van der Waals surface area contributed by atoms with Crippen LogP contribution in [0.5, 0.6) is 0 Å². The molecule has 3 aromatic rings. The summed E-state index contributed by atoms with van der Waals surface area (Å²) in [5.74, 6) is 0.905. The first-order valence-corrected chi connectivity index (χ1v) is 9.80. The molecule has 0 fully saturated rings. The number of benzene rings is 2. The highest BCUT2D eigenvalue weighted by atomic mass is 32.2. The summed E-state index contributed by atoms with van der Waals surface area (Å²) in [5.41, 5.74) is 3.56. The molecule has 0 bridgehead atoms. The minimum Gasteiger partial charge on any atom is -0.339 e. The highest BCUT2D eigenvalue weighted by molar-refractivity contribution is 7.89. The average molecular weight is 371 g/mol. The fourth-order valence-corrected chi connectivity index (χ4v) is 4.02. The summed E-state index contributed by atoms with van der Waals surface area (Å²) >= 11 is 0. The van der Waals surface area contributed by atoms with Gasteiger partial charge in [-0.25, -0.2) is 13.1 Å². The average Bonchev–Trinajstić information content (AvgIpc) is 3.06. The van der Waals surface area contributed by atoms with Gasteiger partial charge in [0.25, 0.3) is 0 Å². The number of aromatic nitrogens is 2.